The van der Waals surface area contributed by atoms with Gasteiger partial charge in [0.25, 0.3) is 5.91 Å². The molecule has 166 valence electrons. The van der Waals surface area contributed by atoms with E-state index < -0.39 is 11.3 Å². The van der Waals surface area contributed by atoms with Crippen LogP contribution in [0.4, 0.5) is 11.4 Å². The van der Waals surface area contributed by atoms with E-state index in [-0.39, 0.29) is 17.7 Å². The van der Waals surface area contributed by atoms with Crippen LogP contribution in [0.3, 0.4) is 0 Å². The molecule has 2 aliphatic heterocycles. The molecule has 0 saturated heterocycles. The fourth-order valence-corrected chi connectivity index (χ4v) is 4.87. The number of nitrogens with zero attached hydrogens (tertiary/aromatic N) is 3. The molecule has 2 heterocycles. The van der Waals surface area contributed by atoms with Gasteiger partial charge in [0, 0.05) is 11.3 Å². The first-order valence-electron chi connectivity index (χ1n) is 11.0. The van der Waals surface area contributed by atoms with Crippen molar-refractivity contribution in [3.05, 3.63) is 59.2 Å². The van der Waals surface area contributed by atoms with Crippen molar-refractivity contribution in [2.75, 3.05) is 5.32 Å². The number of aryl methyl sites for hydroxylation is 1. The van der Waals surface area contributed by atoms with Crippen LogP contribution in [0.2, 0.25) is 0 Å². The summed E-state index contributed by atoms with van der Waals surface area (Å²) < 4.78 is 0. The molecule has 0 spiro atoms. The third-order valence-corrected chi connectivity index (χ3v) is 7.31. The number of thioether (sulfide) groups is 1. The number of nitrogens with one attached hydrogen (secondary N) is 1. The number of rotatable bonds is 5. The first-order valence-corrected chi connectivity index (χ1v) is 11.8. The SMILES string of the molecule is CCC(C)C1C(=O)N=C2c3ccccc3N=C(SC(C)C(=O)Nc3cccc(C)c3C)N21. The number of hydrogen-bond donors (Lipinski definition) is 1. The van der Waals surface area contributed by atoms with Crippen LogP contribution in [0.15, 0.2) is 52.4 Å². The number of aliphatic imine (C=N–C) groups is 2. The minimum absolute atomic E-state index is 0.102. The van der Waals surface area contributed by atoms with Crippen molar-refractivity contribution >= 4 is 46.0 Å². The zero-order chi connectivity index (χ0) is 23.0. The van der Waals surface area contributed by atoms with Gasteiger partial charge in [-0.05, 0) is 56.0 Å². The average molecular weight is 449 g/mol. The predicted molar refractivity (Wildman–Crippen MR) is 132 cm³/mol. The highest BCUT2D eigenvalue weighted by Gasteiger charge is 2.44. The van der Waals surface area contributed by atoms with Gasteiger partial charge in [-0.2, -0.15) is 4.99 Å². The Labute approximate surface area is 193 Å². The summed E-state index contributed by atoms with van der Waals surface area (Å²) in [4.78, 5) is 37.1. The lowest BCUT2D eigenvalue weighted by atomic mass is 9.97. The van der Waals surface area contributed by atoms with Crippen molar-refractivity contribution in [2.45, 2.75) is 52.3 Å². The van der Waals surface area contributed by atoms with Crippen LogP contribution in [0.5, 0.6) is 0 Å². The van der Waals surface area contributed by atoms with Crippen molar-refractivity contribution in [3.8, 4) is 0 Å². The lowest BCUT2D eigenvalue weighted by Crippen LogP contribution is -2.47. The minimum atomic E-state index is -0.409. The number of benzene rings is 2. The Balaban J connectivity index is 1.63. The Morgan fingerprint density at radius 1 is 1.12 bits per heavy atom. The summed E-state index contributed by atoms with van der Waals surface area (Å²) >= 11 is 1.36. The van der Waals surface area contributed by atoms with E-state index in [2.05, 4.69) is 24.2 Å². The fraction of sp³-hybridized carbons (Fsp3) is 0.360. The molecule has 2 amide bonds. The molecule has 1 N–H and O–H groups in total. The summed E-state index contributed by atoms with van der Waals surface area (Å²) in [5.41, 5.74) is 4.62. The van der Waals surface area contributed by atoms with Crippen molar-refractivity contribution in [1.82, 2.24) is 4.90 Å². The Morgan fingerprint density at radius 3 is 2.62 bits per heavy atom. The van der Waals surface area contributed by atoms with Crippen LogP contribution in [0, 0.1) is 19.8 Å². The summed E-state index contributed by atoms with van der Waals surface area (Å²) in [5, 5.41) is 3.27. The van der Waals surface area contributed by atoms with E-state index in [0.29, 0.717) is 11.0 Å². The van der Waals surface area contributed by atoms with E-state index >= 15 is 0 Å². The zero-order valence-corrected chi connectivity index (χ0v) is 19.9. The van der Waals surface area contributed by atoms with Crippen LogP contribution < -0.4 is 5.32 Å². The molecule has 3 unspecified atom stereocenters. The van der Waals surface area contributed by atoms with Crippen LogP contribution >= 0.6 is 11.8 Å². The van der Waals surface area contributed by atoms with E-state index in [1.54, 1.807) is 0 Å². The molecule has 3 atom stereocenters. The molecule has 0 radical (unpaired) electrons. The number of para-hydroxylation sites is 1. The van der Waals surface area contributed by atoms with E-state index in [4.69, 9.17) is 4.99 Å². The molecule has 4 rings (SSSR count). The van der Waals surface area contributed by atoms with Gasteiger partial charge in [0.15, 0.2) is 5.17 Å². The third kappa shape index (κ3) is 3.97. The number of anilines is 1. The topological polar surface area (TPSA) is 74.1 Å². The molecule has 32 heavy (non-hydrogen) atoms. The summed E-state index contributed by atoms with van der Waals surface area (Å²) in [6.07, 6.45) is 0.845. The Bertz CT molecular complexity index is 1140. The van der Waals surface area contributed by atoms with Crippen molar-refractivity contribution in [2.24, 2.45) is 15.9 Å². The van der Waals surface area contributed by atoms with Gasteiger partial charge in [0.2, 0.25) is 5.91 Å². The lowest BCUT2D eigenvalue weighted by Gasteiger charge is -2.34. The molecule has 6 nitrogen and oxygen atoms in total. The largest absolute Gasteiger partial charge is 0.325 e. The smallest absolute Gasteiger partial charge is 0.271 e. The molecular formula is C25H28N4O2S. The van der Waals surface area contributed by atoms with Gasteiger partial charge in [-0.15, -0.1) is 0 Å². The molecule has 0 bridgehead atoms. The fourth-order valence-electron chi connectivity index (χ4n) is 3.92. The molecule has 2 aromatic rings. The van der Waals surface area contributed by atoms with Gasteiger partial charge in [-0.1, -0.05) is 56.3 Å². The summed E-state index contributed by atoms with van der Waals surface area (Å²) in [6, 6.07) is 13.2. The highest BCUT2D eigenvalue weighted by molar-refractivity contribution is 8.14. The quantitative estimate of drug-likeness (QED) is 0.693. The van der Waals surface area contributed by atoms with Gasteiger partial charge < -0.3 is 5.32 Å². The van der Waals surface area contributed by atoms with E-state index in [1.165, 1.54) is 11.8 Å². The van der Waals surface area contributed by atoms with Gasteiger partial charge >= 0.3 is 0 Å². The van der Waals surface area contributed by atoms with Gasteiger partial charge in [0.1, 0.15) is 11.9 Å². The first kappa shape index (κ1) is 22.3. The van der Waals surface area contributed by atoms with Crippen LogP contribution in [0.25, 0.3) is 0 Å². The summed E-state index contributed by atoms with van der Waals surface area (Å²) in [5.74, 6) is 0.496. The van der Waals surface area contributed by atoms with Gasteiger partial charge in [-0.25, -0.2) is 4.99 Å². The maximum Gasteiger partial charge on any atom is 0.271 e. The molecule has 0 aromatic heterocycles. The second-order valence-corrected chi connectivity index (χ2v) is 9.69. The second kappa shape index (κ2) is 8.90. The normalized spacial score (nSPS) is 19.0. The Kier molecular flexibility index (Phi) is 6.20. The highest BCUT2D eigenvalue weighted by atomic mass is 32.2. The molecule has 0 saturated carbocycles. The molecule has 0 fully saturated rings. The summed E-state index contributed by atoms with van der Waals surface area (Å²) in [6.45, 7) is 10.0. The zero-order valence-electron chi connectivity index (χ0n) is 19.0. The lowest BCUT2D eigenvalue weighted by molar-refractivity contribution is -0.120. The molecule has 2 aromatic carbocycles. The standard InChI is InChI=1S/C25H28N4O2S/c1-6-14(2)21-24(31)28-22-18-11-7-8-12-20(18)27-25(29(21)22)32-17(5)23(30)26-19-13-9-10-15(3)16(19)4/h7-14,17,21H,6H2,1-5H3,(H,26,30). The van der Waals surface area contributed by atoms with Crippen molar-refractivity contribution in [1.29, 1.82) is 0 Å². The molecular weight excluding hydrogens is 420 g/mol. The Hall–Kier alpha value is -2.93. The Morgan fingerprint density at radius 2 is 1.88 bits per heavy atom. The number of carbonyl (C=O) groups excluding carboxylic acids is 2. The third-order valence-electron chi connectivity index (χ3n) is 6.24. The minimum Gasteiger partial charge on any atom is -0.325 e. The molecule has 2 aliphatic rings. The number of carbonyl (C=O) groups is 2. The second-order valence-electron chi connectivity index (χ2n) is 8.38. The first-order chi connectivity index (χ1) is 15.3. The maximum atomic E-state index is 13.0. The number of fused-ring (bicyclic) bond motifs is 3. The van der Waals surface area contributed by atoms with E-state index in [9.17, 15) is 9.59 Å². The number of amides is 2. The van der Waals surface area contributed by atoms with E-state index in [1.807, 2.05) is 68.1 Å². The van der Waals surface area contributed by atoms with E-state index in [0.717, 1.165) is 34.5 Å². The van der Waals surface area contributed by atoms with Crippen LogP contribution in [-0.4, -0.2) is 39.0 Å². The molecule has 0 aliphatic carbocycles. The maximum absolute atomic E-state index is 13.0. The average Bonchev–Trinajstić information content (AvgIpc) is 3.13. The van der Waals surface area contributed by atoms with Crippen LogP contribution in [-0.2, 0) is 9.59 Å². The predicted octanol–water partition coefficient (Wildman–Crippen LogP) is 5.07. The number of amidine groups is 2. The van der Waals surface area contributed by atoms with Gasteiger partial charge in [0.05, 0.1) is 10.9 Å². The van der Waals surface area contributed by atoms with Crippen molar-refractivity contribution < 1.29 is 9.59 Å². The number of hydrogen-bond acceptors (Lipinski definition) is 5. The monoisotopic (exact) mass is 448 g/mol. The summed E-state index contributed by atoms with van der Waals surface area (Å²) in [7, 11) is 0. The molecule has 7 heteroatoms. The van der Waals surface area contributed by atoms with Crippen molar-refractivity contribution in [3.63, 3.8) is 0 Å². The van der Waals surface area contributed by atoms with Gasteiger partial charge in [-0.3, -0.25) is 14.5 Å². The highest BCUT2D eigenvalue weighted by Crippen LogP contribution is 2.37. The van der Waals surface area contributed by atoms with Crippen LogP contribution in [0.1, 0.15) is 43.9 Å².